The Morgan fingerprint density at radius 1 is 1.20 bits per heavy atom. The summed E-state index contributed by atoms with van der Waals surface area (Å²) in [5.74, 6) is 1.15. The first-order chi connectivity index (χ1) is 12.2. The van der Waals surface area contributed by atoms with Gasteiger partial charge in [0.1, 0.15) is 12.1 Å². The van der Waals surface area contributed by atoms with Crippen LogP contribution < -0.4 is 14.8 Å². The van der Waals surface area contributed by atoms with Crippen molar-refractivity contribution in [2.24, 2.45) is 0 Å². The van der Waals surface area contributed by atoms with Gasteiger partial charge in [-0.15, -0.1) is 5.10 Å². The number of carbonyl (C=O) groups excluding carboxylic acids is 1. The second kappa shape index (κ2) is 7.65. The standard InChI is InChI=1S/C18H20N4O3/c1-3-22-15-9-8-13(12-14(15)20-21-22)18(23)19-10-11-25-17-7-5-4-6-16(17)24-2/h4-9,12H,3,10-11H2,1-2H3,(H,19,23). The summed E-state index contributed by atoms with van der Waals surface area (Å²) in [6.07, 6.45) is 0. The van der Waals surface area contributed by atoms with E-state index in [1.807, 2.05) is 37.3 Å². The van der Waals surface area contributed by atoms with Crippen molar-refractivity contribution in [3.05, 3.63) is 48.0 Å². The molecule has 0 atom stereocenters. The number of ether oxygens (including phenoxy) is 2. The van der Waals surface area contributed by atoms with E-state index in [4.69, 9.17) is 9.47 Å². The third-order valence-corrected chi connectivity index (χ3v) is 3.79. The molecule has 7 nitrogen and oxygen atoms in total. The summed E-state index contributed by atoms with van der Waals surface area (Å²) in [5, 5.41) is 11.0. The fourth-order valence-electron chi connectivity index (χ4n) is 2.51. The number of para-hydroxylation sites is 2. The summed E-state index contributed by atoms with van der Waals surface area (Å²) in [4.78, 5) is 12.3. The Kier molecular flexibility index (Phi) is 5.13. The van der Waals surface area contributed by atoms with Gasteiger partial charge in [-0.1, -0.05) is 17.3 Å². The highest BCUT2D eigenvalue weighted by Crippen LogP contribution is 2.25. The lowest BCUT2D eigenvalue weighted by molar-refractivity contribution is 0.0947. The number of benzene rings is 2. The van der Waals surface area contributed by atoms with Crippen molar-refractivity contribution in [2.75, 3.05) is 20.3 Å². The third kappa shape index (κ3) is 3.71. The predicted molar refractivity (Wildman–Crippen MR) is 94.0 cm³/mol. The molecule has 3 rings (SSSR count). The Labute approximate surface area is 145 Å². The average molecular weight is 340 g/mol. The van der Waals surface area contributed by atoms with Crippen LogP contribution in [0.25, 0.3) is 11.0 Å². The normalized spacial score (nSPS) is 10.6. The zero-order valence-corrected chi connectivity index (χ0v) is 14.2. The molecule has 3 aromatic rings. The van der Waals surface area contributed by atoms with E-state index < -0.39 is 0 Å². The van der Waals surface area contributed by atoms with Crippen LogP contribution in [-0.4, -0.2) is 41.2 Å². The number of amides is 1. The Morgan fingerprint density at radius 3 is 2.76 bits per heavy atom. The van der Waals surface area contributed by atoms with Gasteiger partial charge >= 0.3 is 0 Å². The van der Waals surface area contributed by atoms with Gasteiger partial charge in [0.25, 0.3) is 5.91 Å². The lowest BCUT2D eigenvalue weighted by Gasteiger charge is -2.11. The van der Waals surface area contributed by atoms with Crippen LogP contribution in [0.1, 0.15) is 17.3 Å². The molecular weight excluding hydrogens is 320 g/mol. The number of methoxy groups -OCH3 is 1. The molecule has 0 unspecified atom stereocenters. The van der Waals surface area contributed by atoms with Crippen LogP contribution in [0.4, 0.5) is 0 Å². The minimum atomic E-state index is -0.170. The van der Waals surface area contributed by atoms with Gasteiger partial charge in [-0.3, -0.25) is 4.79 Å². The quantitative estimate of drug-likeness (QED) is 0.668. The molecule has 130 valence electrons. The number of hydrogen-bond acceptors (Lipinski definition) is 5. The average Bonchev–Trinajstić information content (AvgIpc) is 3.07. The Hall–Kier alpha value is -3.09. The van der Waals surface area contributed by atoms with Crippen LogP contribution in [0.5, 0.6) is 11.5 Å². The van der Waals surface area contributed by atoms with Crippen molar-refractivity contribution in [2.45, 2.75) is 13.5 Å². The minimum absolute atomic E-state index is 0.170. The second-order valence-corrected chi connectivity index (χ2v) is 5.36. The zero-order valence-electron chi connectivity index (χ0n) is 14.2. The van der Waals surface area contributed by atoms with Crippen LogP contribution in [0.2, 0.25) is 0 Å². The van der Waals surface area contributed by atoms with E-state index in [0.717, 1.165) is 12.1 Å². The van der Waals surface area contributed by atoms with Crippen molar-refractivity contribution in [3.8, 4) is 11.5 Å². The number of hydrogen-bond donors (Lipinski definition) is 1. The highest BCUT2D eigenvalue weighted by atomic mass is 16.5. The van der Waals surface area contributed by atoms with E-state index in [1.54, 1.807) is 23.9 Å². The molecule has 0 spiro atoms. The van der Waals surface area contributed by atoms with Crippen LogP contribution in [0, 0.1) is 0 Å². The molecule has 0 fully saturated rings. The molecule has 25 heavy (non-hydrogen) atoms. The van der Waals surface area contributed by atoms with Gasteiger partial charge in [-0.2, -0.15) is 0 Å². The van der Waals surface area contributed by atoms with Crippen LogP contribution in [0.15, 0.2) is 42.5 Å². The lowest BCUT2D eigenvalue weighted by Crippen LogP contribution is -2.28. The number of nitrogens with one attached hydrogen (secondary N) is 1. The number of aromatic nitrogens is 3. The van der Waals surface area contributed by atoms with Crippen LogP contribution >= 0.6 is 0 Å². The molecule has 7 heteroatoms. The van der Waals surface area contributed by atoms with Gasteiger partial charge in [0, 0.05) is 12.1 Å². The Balaban J connectivity index is 1.56. The summed E-state index contributed by atoms with van der Waals surface area (Å²) in [5.41, 5.74) is 2.17. The highest BCUT2D eigenvalue weighted by molar-refractivity contribution is 5.97. The molecule has 0 aliphatic heterocycles. The summed E-state index contributed by atoms with van der Waals surface area (Å²) in [6.45, 7) is 3.47. The number of rotatable bonds is 7. The molecule has 2 aromatic carbocycles. The number of carbonyl (C=O) groups is 1. The fourth-order valence-corrected chi connectivity index (χ4v) is 2.51. The predicted octanol–water partition coefficient (Wildman–Crippen LogP) is 2.27. The van der Waals surface area contributed by atoms with Gasteiger partial charge in [0.05, 0.1) is 19.2 Å². The molecule has 1 N–H and O–H groups in total. The summed E-state index contributed by atoms with van der Waals surface area (Å²) >= 11 is 0. The van der Waals surface area contributed by atoms with E-state index in [1.165, 1.54) is 0 Å². The van der Waals surface area contributed by atoms with Gasteiger partial charge < -0.3 is 14.8 Å². The molecule has 0 bridgehead atoms. The molecular formula is C18H20N4O3. The topological polar surface area (TPSA) is 78.3 Å². The van der Waals surface area contributed by atoms with Crippen molar-refractivity contribution < 1.29 is 14.3 Å². The molecule has 0 saturated heterocycles. The minimum Gasteiger partial charge on any atom is -0.493 e. The van der Waals surface area contributed by atoms with E-state index in [-0.39, 0.29) is 5.91 Å². The maximum atomic E-state index is 12.3. The van der Waals surface area contributed by atoms with Gasteiger partial charge in [-0.05, 0) is 37.3 Å². The summed E-state index contributed by atoms with van der Waals surface area (Å²) < 4.78 is 12.6. The summed E-state index contributed by atoms with van der Waals surface area (Å²) in [6, 6.07) is 12.8. The second-order valence-electron chi connectivity index (χ2n) is 5.36. The van der Waals surface area contributed by atoms with Gasteiger partial charge in [0.15, 0.2) is 11.5 Å². The van der Waals surface area contributed by atoms with Crippen LogP contribution in [-0.2, 0) is 6.54 Å². The maximum absolute atomic E-state index is 12.3. The summed E-state index contributed by atoms with van der Waals surface area (Å²) in [7, 11) is 1.59. The largest absolute Gasteiger partial charge is 0.493 e. The monoisotopic (exact) mass is 340 g/mol. The molecule has 0 aliphatic rings. The first-order valence-electron chi connectivity index (χ1n) is 8.10. The van der Waals surface area contributed by atoms with Crippen molar-refractivity contribution in [1.29, 1.82) is 0 Å². The van der Waals surface area contributed by atoms with E-state index in [9.17, 15) is 4.79 Å². The first-order valence-corrected chi connectivity index (χ1v) is 8.10. The number of fused-ring (bicyclic) bond motifs is 1. The number of nitrogens with zero attached hydrogens (tertiary/aromatic N) is 3. The molecule has 1 amide bonds. The van der Waals surface area contributed by atoms with Gasteiger partial charge in [0.2, 0.25) is 0 Å². The molecule has 0 saturated carbocycles. The number of aryl methyl sites for hydroxylation is 1. The van der Waals surface area contributed by atoms with Crippen molar-refractivity contribution in [3.63, 3.8) is 0 Å². The molecule has 1 heterocycles. The molecule has 0 aliphatic carbocycles. The zero-order chi connectivity index (χ0) is 17.6. The van der Waals surface area contributed by atoms with Crippen LogP contribution in [0.3, 0.4) is 0 Å². The first kappa shape index (κ1) is 16.8. The van der Waals surface area contributed by atoms with E-state index >= 15 is 0 Å². The lowest BCUT2D eigenvalue weighted by atomic mass is 10.2. The maximum Gasteiger partial charge on any atom is 0.251 e. The van der Waals surface area contributed by atoms with Gasteiger partial charge in [-0.25, -0.2) is 4.68 Å². The Morgan fingerprint density at radius 2 is 2.00 bits per heavy atom. The van der Waals surface area contributed by atoms with Crippen molar-refractivity contribution in [1.82, 2.24) is 20.3 Å². The van der Waals surface area contributed by atoms with E-state index in [2.05, 4.69) is 15.6 Å². The van der Waals surface area contributed by atoms with E-state index in [0.29, 0.717) is 35.7 Å². The van der Waals surface area contributed by atoms with Crippen molar-refractivity contribution >= 4 is 16.9 Å². The smallest absolute Gasteiger partial charge is 0.251 e. The molecule has 0 radical (unpaired) electrons. The molecule has 1 aromatic heterocycles. The Bertz CT molecular complexity index is 876. The fraction of sp³-hybridized carbons (Fsp3) is 0.278. The third-order valence-electron chi connectivity index (χ3n) is 3.79. The SMILES string of the molecule is CCn1nnc2cc(C(=O)NCCOc3ccccc3OC)ccc21. The highest BCUT2D eigenvalue weighted by Gasteiger charge is 2.10.